The van der Waals surface area contributed by atoms with Gasteiger partial charge in [0, 0.05) is 23.5 Å². The van der Waals surface area contributed by atoms with Gasteiger partial charge < -0.3 is 20.5 Å². The van der Waals surface area contributed by atoms with Crippen LogP contribution in [0.2, 0.25) is 0 Å². The lowest BCUT2D eigenvalue weighted by atomic mass is 10.2. The third-order valence-electron chi connectivity index (χ3n) is 3.45. The molecule has 0 bridgehead atoms. The maximum absolute atomic E-state index is 11.9. The SMILES string of the molecule is COc1ccc(-c2nc(CC(=O)NCCC(C)N)cs2)cc1OC.Cl.Cl. The van der Waals surface area contributed by atoms with E-state index in [4.69, 9.17) is 15.2 Å². The molecular formula is C17H25Cl2N3O3S. The third-order valence-corrected chi connectivity index (χ3v) is 4.39. The molecule has 0 saturated heterocycles. The molecule has 6 nitrogen and oxygen atoms in total. The van der Waals surface area contributed by atoms with Crippen LogP contribution in [0, 0.1) is 0 Å². The number of benzene rings is 1. The Morgan fingerprint density at radius 2 is 1.96 bits per heavy atom. The smallest absolute Gasteiger partial charge is 0.226 e. The van der Waals surface area contributed by atoms with Gasteiger partial charge in [0.1, 0.15) is 5.01 Å². The normalized spacial score (nSPS) is 10.9. The van der Waals surface area contributed by atoms with Crippen molar-refractivity contribution in [1.82, 2.24) is 10.3 Å². The second-order valence-corrected chi connectivity index (χ2v) is 6.36. The minimum absolute atomic E-state index is 0. The Kier molecular flexibility index (Phi) is 11.2. The van der Waals surface area contributed by atoms with E-state index in [0.717, 1.165) is 22.7 Å². The monoisotopic (exact) mass is 421 g/mol. The largest absolute Gasteiger partial charge is 0.493 e. The molecule has 3 N–H and O–H groups in total. The highest BCUT2D eigenvalue weighted by molar-refractivity contribution is 7.13. The van der Waals surface area contributed by atoms with E-state index in [1.807, 2.05) is 30.5 Å². The van der Waals surface area contributed by atoms with Crippen LogP contribution in [0.5, 0.6) is 11.5 Å². The van der Waals surface area contributed by atoms with Gasteiger partial charge in [0.2, 0.25) is 5.91 Å². The van der Waals surface area contributed by atoms with E-state index in [9.17, 15) is 4.79 Å². The molecule has 1 aromatic carbocycles. The van der Waals surface area contributed by atoms with Crippen molar-refractivity contribution in [3.8, 4) is 22.1 Å². The van der Waals surface area contributed by atoms with Crippen molar-refractivity contribution in [3.05, 3.63) is 29.3 Å². The second kappa shape index (κ2) is 12.0. The summed E-state index contributed by atoms with van der Waals surface area (Å²) in [5, 5.41) is 5.60. The molecule has 1 amide bonds. The molecule has 0 aliphatic heterocycles. The predicted molar refractivity (Wildman–Crippen MR) is 110 cm³/mol. The quantitative estimate of drug-likeness (QED) is 0.683. The van der Waals surface area contributed by atoms with Gasteiger partial charge in [0.15, 0.2) is 11.5 Å². The summed E-state index contributed by atoms with van der Waals surface area (Å²) in [5.74, 6) is 1.28. The van der Waals surface area contributed by atoms with Gasteiger partial charge in [-0.05, 0) is 31.5 Å². The number of nitrogens with two attached hydrogens (primary N) is 1. The molecule has 0 fully saturated rings. The van der Waals surface area contributed by atoms with E-state index < -0.39 is 0 Å². The summed E-state index contributed by atoms with van der Waals surface area (Å²) >= 11 is 1.50. The number of aromatic nitrogens is 1. The minimum atomic E-state index is -0.0418. The van der Waals surface area contributed by atoms with E-state index in [-0.39, 0.29) is 43.2 Å². The Balaban J connectivity index is 0.00000312. The molecule has 0 radical (unpaired) electrons. The molecule has 26 heavy (non-hydrogen) atoms. The number of hydrogen-bond acceptors (Lipinski definition) is 6. The van der Waals surface area contributed by atoms with Crippen LogP contribution in [0.15, 0.2) is 23.6 Å². The Bertz CT molecular complexity index is 696. The van der Waals surface area contributed by atoms with Crippen molar-refractivity contribution >= 4 is 42.1 Å². The molecule has 9 heteroatoms. The van der Waals surface area contributed by atoms with Crippen molar-refractivity contribution in [2.24, 2.45) is 5.73 Å². The van der Waals surface area contributed by atoms with Gasteiger partial charge in [-0.15, -0.1) is 36.2 Å². The number of carbonyl (C=O) groups excluding carboxylic acids is 1. The Labute approximate surface area is 170 Å². The van der Waals surface area contributed by atoms with Crippen LogP contribution in [0.4, 0.5) is 0 Å². The topological polar surface area (TPSA) is 86.5 Å². The molecule has 1 unspecified atom stereocenters. The van der Waals surface area contributed by atoms with E-state index in [2.05, 4.69) is 10.3 Å². The molecule has 146 valence electrons. The average Bonchev–Trinajstić information content (AvgIpc) is 3.02. The standard InChI is InChI=1S/C17H23N3O3S.2ClH/c1-11(18)6-7-19-16(21)9-13-10-24-17(20-13)12-4-5-14(22-2)15(8-12)23-3;;/h4-5,8,10-11H,6-7,9,18H2,1-3H3,(H,19,21);2*1H. The lowest BCUT2D eigenvalue weighted by Crippen LogP contribution is -2.30. The number of thiazole rings is 1. The van der Waals surface area contributed by atoms with Crippen LogP contribution >= 0.6 is 36.2 Å². The maximum atomic E-state index is 11.9. The number of amides is 1. The van der Waals surface area contributed by atoms with Crippen molar-refractivity contribution in [2.45, 2.75) is 25.8 Å². The summed E-state index contributed by atoms with van der Waals surface area (Å²) in [4.78, 5) is 16.4. The molecule has 0 saturated carbocycles. The number of methoxy groups -OCH3 is 2. The first-order valence-electron chi connectivity index (χ1n) is 7.72. The number of rotatable bonds is 8. The second-order valence-electron chi connectivity index (χ2n) is 5.51. The lowest BCUT2D eigenvalue weighted by molar-refractivity contribution is -0.120. The van der Waals surface area contributed by atoms with Crippen LogP contribution in [-0.4, -0.2) is 37.7 Å². The minimum Gasteiger partial charge on any atom is -0.493 e. The Hall–Kier alpha value is -1.54. The molecule has 0 aliphatic carbocycles. The Morgan fingerprint density at radius 1 is 1.27 bits per heavy atom. The van der Waals surface area contributed by atoms with Gasteiger partial charge in [0.05, 0.1) is 26.3 Å². The highest BCUT2D eigenvalue weighted by Gasteiger charge is 2.11. The fourth-order valence-corrected chi connectivity index (χ4v) is 2.97. The van der Waals surface area contributed by atoms with Gasteiger partial charge in [-0.25, -0.2) is 4.98 Å². The summed E-state index contributed by atoms with van der Waals surface area (Å²) in [6, 6.07) is 5.73. The number of nitrogens with one attached hydrogen (secondary N) is 1. The van der Waals surface area contributed by atoms with Crippen molar-refractivity contribution < 1.29 is 14.3 Å². The van der Waals surface area contributed by atoms with Crippen LogP contribution < -0.4 is 20.5 Å². The van der Waals surface area contributed by atoms with Gasteiger partial charge in [-0.3, -0.25) is 4.79 Å². The summed E-state index contributed by atoms with van der Waals surface area (Å²) in [7, 11) is 3.20. The summed E-state index contributed by atoms with van der Waals surface area (Å²) in [6.45, 7) is 2.51. The molecule has 1 aromatic heterocycles. The molecule has 1 atom stereocenters. The first kappa shape index (κ1) is 24.5. The zero-order valence-corrected chi connectivity index (χ0v) is 17.4. The number of ether oxygens (including phenoxy) is 2. The lowest BCUT2D eigenvalue weighted by Gasteiger charge is -2.08. The number of halogens is 2. The van der Waals surface area contributed by atoms with E-state index in [0.29, 0.717) is 18.0 Å². The van der Waals surface area contributed by atoms with Gasteiger partial charge in [0.25, 0.3) is 0 Å². The van der Waals surface area contributed by atoms with Crippen LogP contribution in [0.25, 0.3) is 10.6 Å². The molecule has 1 heterocycles. The molecule has 2 rings (SSSR count). The van der Waals surface area contributed by atoms with Crippen molar-refractivity contribution in [2.75, 3.05) is 20.8 Å². The Morgan fingerprint density at radius 3 is 2.58 bits per heavy atom. The van der Waals surface area contributed by atoms with Crippen LogP contribution in [0.1, 0.15) is 19.0 Å². The van der Waals surface area contributed by atoms with Crippen molar-refractivity contribution in [1.29, 1.82) is 0 Å². The predicted octanol–water partition coefficient (Wildman–Crippen LogP) is 3.07. The highest BCUT2D eigenvalue weighted by atomic mass is 35.5. The van der Waals surface area contributed by atoms with Gasteiger partial charge in [-0.1, -0.05) is 0 Å². The van der Waals surface area contributed by atoms with Crippen LogP contribution in [0.3, 0.4) is 0 Å². The average molecular weight is 422 g/mol. The third kappa shape index (κ3) is 6.99. The van der Waals surface area contributed by atoms with Gasteiger partial charge in [-0.2, -0.15) is 0 Å². The summed E-state index contributed by atoms with van der Waals surface area (Å²) in [6.07, 6.45) is 1.03. The van der Waals surface area contributed by atoms with Crippen molar-refractivity contribution in [3.63, 3.8) is 0 Å². The molecular weight excluding hydrogens is 397 g/mol. The molecule has 0 spiro atoms. The van der Waals surface area contributed by atoms with E-state index in [1.165, 1.54) is 11.3 Å². The van der Waals surface area contributed by atoms with Gasteiger partial charge >= 0.3 is 0 Å². The zero-order chi connectivity index (χ0) is 17.5. The fourth-order valence-electron chi connectivity index (χ4n) is 2.16. The highest BCUT2D eigenvalue weighted by Crippen LogP contribution is 2.33. The zero-order valence-electron chi connectivity index (χ0n) is 15.0. The first-order valence-corrected chi connectivity index (χ1v) is 8.60. The van der Waals surface area contributed by atoms with E-state index in [1.54, 1.807) is 14.2 Å². The number of nitrogens with zero attached hydrogens (tertiary/aromatic N) is 1. The van der Waals surface area contributed by atoms with E-state index >= 15 is 0 Å². The summed E-state index contributed by atoms with van der Waals surface area (Å²) < 4.78 is 10.5. The number of carbonyl (C=O) groups is 1. The molecule has 2 aromatic rings. The number of hydrogen-bond donors (Lipinski definition) is 2. The fraction of sp³-hybridized carbons (Fsp3) is 0.412. The first-order chi connectivity index (χ1) is 11.5. The molecule has 0 aliphatic rings. The summed E-state index contributed by atoms with van der Waals surface area (Å²) in [5.41, 5.74) is 7.35. The van der Waals surface area contributed by atoms with Crippen LogP contribution in [-0.2, 0) is 11.2 Å². The maximum Gasteiger partial charge on any atom is 0.226 e.